The van der Waals surface area contributed by atoms with Gasteiger partial charge in [-0.2, -0.15) is 0 Å². The van der Waals surface area contributed by atoms with E-state index in [1.807, 2.05) is 121 Å². The minimum atomic E-state index is -0.550. The Labute approximate surface area is 222 Å². The molecule has 0 aliphatic heterocycles. The first-order valence-corrected chi connectivity index (χ1v) is 12.3. The van der Waals surface area contributed by atoms with Crippen LogP contribution in [0, 0.1) is 0 Å². The molecule has 0 unspecified atom stereocenters. The van der Waals surface area contributed by atoms with Gasteiger partial charge in [0.15, 0.2) is 5.78 Å². The van der Waals surface area contributed by atoms with Crippen molar-refractivity contribution in [2.24, 2.45) is 0 Å². The summed E-state index contributed by atoms with van der Waals surface area (Å²) in [5.41, 5.74) is 4.71. The van der Waals surface area contributed by atoms with Crippen LogP contribution in [0.2, 0.25) is 0 Å². The summed E-state index contributed by atoms with van der Waals surface area (Å²) in [6.07, 6.45) is 2.62. The molecule has 0 radical (unpaired) electrons. The van der Waals surface area contributed by atoms with E-state index in [4.69, 9.17) is 4.74 Å². The third-order valence-electron chi connectivity index (χ3n) is 6.02. The van der Waals surface area contributed by atoms with Crippen molar-refractivity contribution >= 4 is 29.3 Å². The van der Waals surface area contributed by atoms with Crippen molar-refractivity contribution in [2.75, 3.05) is 4.90 Å². The molecule has 0 spiro atoms. The molecule has 0 heterocycles. The van der Waals surface area contributed by atoms with Crippen LogP contribution >= 0.6 is 0 Å². The summed E-state index contributed by atoms with van der Waals surface area (Å²) in [4.78, 5) is 27.8. The van der Waals surface area contributed by atoms with Gasteiger partial charge in [-0.25, -0.2) is 9.69 Å². The minimum absolute atomic E-state index is 0.138. The number of carbonyl (C=O) groups excluding carboxylic acids is 2. The molecule has 1 amide bonds. The Kier molecular flexibility index (Phi) is 7.52. The Morgan fingerprint density at radius 1 is 0.553 bits per heavy atom. The van der Waals surface area contributed by atoms with E-state index in [1.165, 1.54) is 11.0 Å². The highest BCUT2D eigenvalue weighted by Gasteiger charge is 2.21. The van der Waals surface area contributed by atoms with Gasteiger partial charge < -0.3 is 4.74 Å². The van der Waals surface area contributed by atoms with Crippen LogP contribution in [0.5, 0.6) is 5.75 Å². The van der Waals surface area contributed by atoms with Gasteiger partial charge in [0.1, 0.15) is 5.75 Å². The van der Waals surface area contributed by atoms with Crippen molar-refractivity contribution in [3.05, 3.63) is 157 Å². The molecule has 0 fully saturated rings. The highest BCUT2D eigenvalue weighted by Crippen LogP contribution is 2.28. The van der Waals surface area contributed by atoms with Crippen LogP contribution in [0.25, 0.3) is 17.2 Å². The van der Waals surface area contributed by atoms with Crippen LogP contribution in [0.3, 0.4) is 0 Å². The Morgan fingerprint density at radius 3 is 1.66 bits per heavy atom. The number of nitrogens with zero attached hydrogens (tertiary/aromatic N) is 1. The number of allylic oxidation sites excluding steroid dienone is 1. The van der Waals surface area contributed by atoms with Crippen LogP contribution in [0.1, 0.15) is 15.9 Å². The standard InChI is InChI=1S/C34H25NO3/c36-32(28-22-20-27(21-23-28)26-12-4-1-5-13-26)25-24-29-14-10-11-19-33(29)38-34(37)35(30-15-6-2-7-16-30)31-17-8-3-9-18-31/h1-25H/b25-24+. The summed E-state index contributed by atoms with van der Waals surface area (Å²) in [6, 6.07) is 43.3. The highest BCUT2D eigenvalue weighted by molar-refractivity contribution is 6.07. The lowest BCUT2D eigenvalue weighted by Crippen LogP contribution is -2.29. The Bertz CT molecular complexity index is 1510. The first-order valence-electron chi connectivity index (χ1n) is 12.3. The maximum Gasteiger partial charge on any atom is 0.424 e. The van der Waals surface area contributed by atoms with Gasteiger partial charge in [-0.05, 0) is 53.6 Å². The van der Waals surface area contributed by atoms with Crippen molar-refractivity contribution in [2.45, 2.75) is 0 Å². The first-order chi connectivity index (χ1) is 18.7. The summed E-state index contributed by atoms with van der Waals surface area (Å²) in [6.45, 7) is 0. The molecular formula is C34H25NO3. The Morgan fingerprint density at radius 2 is 1.05 bits per heavy atom. The molecule has 5 aromatic carbocycles. The van der Waals surface area contributed by atoms with Crippen molar-refractivity contribution < 1.29 is 14.3 Å². The number of hydrogen-bond acceptors (Lipinski definition) is 3. The van der Waals surface area contributed by atoms with Crippen LogP contribution in [-0.4, -0.2) is 11.9 Å². The topological polar surface area (TPSA) is 46.6 Å². The zero-order valence-corrected chi connectivity index (χ0v) is 20.6. The molecular weight excluding hydrogens is 470 g/mol. The number of amides is 1. The molecule has 0 N–H and O–H groups in total. The maximum absolute atomic E-state index is 13.4. The fraction of sp³-hybridized carbons (Fsp3) is 0. The monoisotopic (exact) mass is 495 g/mol. The Hall–Kier alpha value is -5.22. The summed E-state index contributed by atoms with van der Waals surface area (Å²) in [5, 5.41) is 0. The summed E-state index contributed by atoms with van der Waals surface area (Å²) in [7, 11) is 0. The van der Waals surface area contributed by atoms with E-state index in [2.05, 4.69) is 0 Å². The summed E-state index contributed by atoms with van der Waals surface area (Å²) >= 11 is 0. The van der Waals surface area contributed by atoms with Crippen molar-refractivity contribution in [3.63, 3.8) is 0 Å². The quantitative estimate of drug-likeness (QED) is 0.168. The molecule has 0 atom stereocenters. The molecule has 0 saturated heterocycles. The van der Waals surface area contributed by atoms with Gasteiger partial charge in [-0.3, -0.25) is 4.79 Å². The SMILES string of the molecule is O=C(/C=C/c1ccccc1OC(=O)N(c1ccccc1)c1ccccc1)c1ccc(-c2ccccc2)cc1. The molecule has 0 saturated carbocycles. The molecule has 4 heteroatoms. The van der Waals surface area contributed by atoms with Gasteiger partial charge in [-0.1, -0.05) is 109 Å². The van der Waals surface area contributed by atoms with Gasteiger partial charge >= 0.3 is 6.09 Å². The third-order valence-corrected chi connectivity index (χ3v) is 6.02. The van der Waals surface area contributed by atoms with Gasteiger partial charge in [-0.15, -0.1) is 0 Å². The normalized spacial score (nSPS) is 10.7. The second-order valence-electron chi connectivity index (χ2n) is 8.55. The lowest BCUT2D eigenvalue weighted by atomic mass is 10.0. The number of ketones is 1. The first kappa shape index (κ1) is 24.5. The number of carbonyl (C=O) groups is 2. The van der Waals surface area contributed by atoms with E-state index in [0.717, 1.165) is 11.1 Å². The van der Waals surface area contributed by atoms with E-state index < -0.39 is 6.09 Å². The fourth-order valence-electron chi connectivity index (χ4n) is 4.08. The van der Waals surface area contributed by atoms with Gasteiger partial charge in [0, 0.05) is 11.1 Å². The molecule has 184 valence electrons. The van der Waals surface area contributed by atoms with E-state index in [9.17, 15) is 9.59 Å². The maximum atomic E-state index is 13.4. The molecule has 38 heavy (non-hydrogen) atoms. The predicted molar refractivity (Wildman–Crippen MR) is 153 cm³/mol. The molecule has 4 nitrogen and oxygen atoms in total. The van der Waals surface area contributed by atoms with Crippen LogP contribution in [0.15, 0.2) is 146 Å². The summed E-state index contributed by atoms with van der Waals surface area (Å²) < 4.78 is 5.84. The third kappa shape index (κ3) is 5.77. The zero-order valence-electron chi connectivity index (χ0n) is 20.6. The van der Waals surface area contributed by atoms with Gasteiger partial charge in [0.2, 0.25) is 0 Å². The number of rotatable bonds is 7. The van der Waals surface area contributed by atoms with Crippen molar-refractivity contribution in [1.29, 1.82) is 0 Å². The predicted octanol–water partition coefficient (Wildman–Crippen LogP) is 8.59. The number of benzene rings is 5. The average Bonchev–Trinajstić information content (AvgIpc) is 2.98. The van der Waals surface area contributed by atoms with E-state index in [1.54, 1.807) is 24.3 Å². The fourth-order valence-corrected chi connectivity index (χ4v) is 4.08. The average molecular weight is 496 g/mol. The molecule has 0 bridgehead atoms. The molecule has 0 aromatic heterocycles. The molecule has 0 aliphatic rings. The molecule has 0 aliphatic carbocycles. The second kappa shape index (κ2) is 11.7. The van der Waals surface area contributed by atoms with Gasteiger partial charge in [0.05, 0.1) is 11.4 Å². The summed E-state index contributed by atoms with van der Waals surface area (Å²) in [5.74, 6) is 0.221. The van der Waals surface area contributed by atoms with Crippen molar-refractivity contribution in [3.8, 4) is 16.9 Å². The lowest BCUT2D eigenvalue weighted by Gasteiger charge is -2.22. The highest BCUT2D eigenvalue weighted by atomic mass is 16.6. The number of hydrogen-bond donors (Lipinski definition) is 0. The lowest BCUT2D eigenvalue weighted by molar-refractivity contribution is 0.104. The number of anilines is 2. The minimum Gasteiger partial charge on any atom is -0.409 e. The van der Waals surface area contributed by atoms with E-state index >= 15 is 0 Å². The zero-order chi connectivity index (χ0) is 26.2. The van der Waals surface area contributed by atoms with Crippen molar-refractivity contribution in [1.82, 2.24) is 0 Å². The van der Waals surface area contributed by atoms with E-state index in [0.29, 0.717) is 28.3 Å². The van der Waals surface area contributed by atoms with Crippen LogP contribution in [0.4, 0.5) is 16.2 Å². The van der Waals surface area contributed by atoms with Crippen LogP contribution in [-0.2, 0) is 0 Å². The van der Waals surface area contributed by atoms with Crippen LogP contribution < -0.4 is 9.64 Å². The molecule has 5 rings (SSSR count). The second-order valence-corrected chi connectivity index (χ2v) is 8.55. The smallest absolute Gasteiger partial charge is 0.409 e. The number of para-hydroxylation sites is 3. The molecule has 5 aromatic rings. The largest absolute Gasteiger partial charge is 0.424 e. The Balaban J connectivity index is 1.35. The van der Waals surface area contributed by atoms with Gasteiger partial charge in [0.25, 0.3) is 0 Å². The van der Waals surface area contributed by atoms with E-state index in [-0.39, 0.29) is 5.78 Å². The number of ether oxygens (including phenoxy) is 1.